The number of hydrogen-bond acceptors (Lipinski definition) is 7. The number of hydrogen-bond donors (Lipinski definition) is 2. The van der Waals surface area contributed by atoms with E-state index >= 15 is 0 Å². The van der Waals surface area contributed by atoms with Crippen LogP contribution in [-0.2, 0) is 28.5 Å². The van der Waals surface area contributed by atoms with Crippen LogP contribution in [0.25, 0.3) is 0 Å². The van der Waals surface area contributed by atoms with Crippen molar-refractivity contribution in [1.82, 2.24) is 10.6 Å². The van der Waals surface area contributed by atoms with E-state index in [9.17, 15) is 14.4 Å². The third-order valence-electron chi connectivity index (χ3n) is 5.93. The van der Waals surface area contributed by atoms with Crippen molar-refractivity contribution in [2.75, 3.05) is 19.8 Å². The summed E-state index contributed by atoms with van der Waals surface area (Å²) >= 11 is 0. The van der Waals surface area contributed by atoms with Gasteiger partial charge in [-0.1, -0.05) is 39.5 Å². The Morgan fingerprint density at radius 2 is 1.53 bits per heavy atom. The summed E-state index contributed by atoms with van der Waals surface area (Å²) in [5.41, 5.74) is -0.476. The number of alkyl carbamates (subject to hydrolysis) is 1. The van der Waals surface area contributed by atoms with E-state index in [0.717, 1.165) is 38.5 Å². The average molecular weight is 487 g/mol. The molecule has 0 bridgehead atoms. The molecule has 1 aliphatic heterocycles. The summed E-state index contributed by atoms with van der Waals surface area (Å²) in [7, 11) is 0. The molecule has 0 aliphatic carbocycles. The number of unbranched alkanes of at least 4 members (excludes halogenated alkanes) is 5. The van der Waals surface area contributed by atoms with E-state index in [4.69, 9.17) is 18.9 Å². The first-order valence-electron chi connectivity index (χ1n) is 12.5. The number of amides is 2. The Kier molecular flexibility index (Phi) is 13.5. The zero-order valence-corrected chi connectivity index (χ0v) is 22.1. The smallest absolute Gasteiger partial charge is 0.407 e. The summed E-state index contributed by atoms with van der Waals surface area (Å²) in [5, 5.41) is 5.74. The number of carbonyl (C=O) groups excluding carboxylic acids is 3. The number of ether oxygens (including phenoxy) is 4. The van der Waals surface area contributed by atoms with Crippen molar-refractivity contribution < 1.29 is 33.3 Å². The molecule has 9 nitrogen and oxygen atoms in total. The lowest BCUT2D eigenvalue weighted by Crippen LogP contribution is -2.58. The first kappa shape index (κ1) is 30.2. The highest BCUT2D eigenvalue weighted by atomic mass is 16.7. The highest BCUT2D eigenvalue weighted by molar-refractivity contribution is 5.73. The van der Waals surface area contributed by atoms with Crippen LogP contribution in [0.4, 0.5) is 4.79 Å². The molecule has 2 amide bonds. The van der Waals surface area contributed by atoms with Crippen LogP contribution >= 0.6 is 0 Å². The Hall–Kier alpha value is -1.87. The second kappa shape index (κ2) is 15.2. The van der Waals surface area contributed by atoms with Gasteiger partial charge < -0.3 is 29.6 Å². The lowest BCUT2D eigenvalue weighted by Gasteiger charge is -2.44. The number of esters is 1. The molecule has 5 atom stereocenters. The van der Waals surface area contributed by atoms with Gasteiger partial charge in [-0.25, -0.2) is 4.79 Å². The molecule has 0 spiro atoms. The molecular weight excluding hydrogens is 440 g/mol. The molecule has 9 heteroatoms. The maximum absolute atomic E-state index is 11.7. The summed E-state index contributed by atoms with van der Waals surface area (Å²) in [5.74, 6) is -0.260. The zero-order valence-electron chi connectivity index (χ0n) is 22.1. The molecule has 0 aromatic rings. The van der Waals surface area contributed by atoms with Gasteiger partial charge in [0.05, 0.1) is 12.1 Å². The topological polar surface area (TPSA) is 112 Å². The van der Waals surface area contributed by atoms with Crippen molar-refractivity contribution in [3.8, 4) is 0 Å². The van der Waals surface area contributed by atoms with Gasteiger partial charge in [-0.15, -0.1) is 0 Å². The maximum atomic E-state index is 11.7. The van der Waals surface area contributed by atoms with E-state index in [1.807, 2.05) is 27.7 Å². The monoisotopic (exact) mass is 486 g/mol. The van der Waals surface area contributed by atoms with Crippen LogP contribution in [-0.4, -0.2) is 61.8 Å². The van der Waals surface area contributed by atoms with E-state index in [1.54, 1.807) is 0 Å². The Morgan fingerprint density at radius 3 is 2.12 bits per heavy atom. The van der Waals surface area contributed by atoms with Crippen LogP contribution in [0, 0.1) is 11.8 Å². The van der Waals surface area contributed by atoms with E-state index in [-0.39, 0.29) is 48.6 Å². The predicted octanol–water partition coefficient (Wildman–Crippen LogP) is 3.93. The molecule has 1 fully saturated rings. The van der Waals surface area contributed by atoms with E-state index in [0.29, 0.717) is 13.2 Å². The second-order valence-corrected chi connectivity index (χ2v) is 10.2. The second-order valence-electron chi connectivity index (χ2n) is 10.2. The Labute approximate surface area is 205 Å². The normalized spacial score (nSPS) is 24.9. The van der Waals surface area contributed by atoms with Gasteiger partial charge in [0, 0.05) is 27.0 Å². The third-order valence-corrected chi connectivity index (χ3v) is 5.93. The van der Waals surface area contributed by atoms with Crippen molar-refractivity contribution in [3.05, 3.63) is 0 Å². The van der Waals surface area contributed by atoms with Gasteiger partial charge in [0.2, 0.25) is 5.91 Å². The fraction of sp³-hybridized carbons (Fsp3) is 0.880. The zero-order chi connectivity index (χ0) is 25.7. The quantitative estimate of drug-likeness (QED) is 0.300. The number of carbonyl (C=O) groups is 3. The van der Waals surface area contributed by atoms with Crippen molar-refractivity contribution in [1.29, 1.82) is 0 Å². The number of rotatable bonds is 13. The predicted molar refractivity (Wildman–Crippen MR) is 129 cm³/mol. The molecule has 2 N–H and O–H groups in total. The van der Waals surface area contributed by atoms with E-state index in [1.165, 1.54) is 13.8 Å². The lowest BCUT2D eigenvalue weighted by molar-refractivity contribution is -0.244. The summed E-state index contributed by atoms with van der Waals surface area (Å²) < 4.78 is 22.5. The Bertz CT molecular complexity index is 633. The Morgan fingerprint density at radius 1 is 0.912 bits per heavy atom. The molecule has 198 valence electrons. The lowest BCUT2D eigenvalue weighted by atomic mass is 9.82. The van der Waals surface area contributed by atoms with Gasteiger partial charge in [0.1, 0.15) is 12.2 Å². The minimum Gasteiger partial charge on any atom is -0.463 e. The molecule has 5 unspecified atom stereocenters. The Balaban J connectivity index is 2.29. The van der Waals surface area contributed by atoms with Crippen molar-refractivity contribution in [2.45, 2.75) is 111 Å². The highest BCUT2D eigenvalue weighted by Gasteiger charge is 2.42. The van der Waals surface area contributed by atoms with Crippen molar-refractivity contribution in [2.24, 2.45) is 11.8 Å². The molecule has 0 radical (unpaired) electrons. The van der Waals surface area contributed by atoms with Crippen LogP contribution in [0.3, 0.4) is 0 Å². The van der Waals surface area contributed by atoms with Crippen LogP contribution in [0.2, 0.25) is 0 Å². The highest BCUT2D eigenvalue weighted by Crippen LogP contribution is 2.32. The van der Waals surface area contributed by atoms with Crippen LogP contribution in [0.1, 0.15) is 87.0 Å². The SMILES string of the molecule is CC(=O)NC1C(OCCCCCCCCNC(=O)OC(C)(C)C)OC(COC(C)=O)C(C)C1C. The van der Waals surface area contributed by atoms with Gasteiger partial charge in [-0.3, -0.25) is 9.59 Å². The summed E-state index contributed by atoms with van der Waals surface area (Å²) in [6, 6.07) is -0.251. The van der Waals surface area contributed by atoms with Crippen molar-refractivity contribution >= 4 is 18.0 Å². The molecule has 34 heavy (non-hydrogen) atoms. The van der Waals surface area contributed by atoms with Crippen LogP contribution < -0.4 is 10.6 Å². The van der Waals surface area contributed by atoms with Gasteiger partial charge in [-0.05, 0) is 45.4 Å². The molecule has 1 heterocycles. The third kappa shape index (κ3) is 12.6. The minimum absolute atomic E-state index is 0.0980. The first-order valence-corrected chi connectivity index (χ1v) is 12.5. The molecule has 0 aromatic heterocycles. The minimum atomic E-state index is -0.574. The van der Waals surface area contributed by atoms with Gasteiger partial charge in [-0.2, -0.15) is 0 Å². The molecule has 0 saturated carbocycles. The largest absolute Gasteiger partial charge is 0.463 e. The fourth-order valence-corrected chi connectivity index (χ4v) is 3.90. The molecule has 1 rings (SSSR count). The molecular formula is C25H46N2O7. The maximum Gasteiger partial charge on any atom is 0.407 e. The summed E-state index contributed by atoms with van der Waals surface area (Å²) in [6.45, 7) is 13.8. The van der Waals surface area contributed by atoms with Crippen LogP contribution in [0.15, 0.2) is 0 Å². The van der Waals surface area contributed by atoms with E-state index < -0.39 is 11.9 Å². The van der Waals surface area contributed by atoms with Gasteiger partial charge >= 0.3 is 12.1 Å². The number of nitrogens with one attached hydrogen (secondary N) is 2. The molecule has 0 aromatic carbocycles. The van der Waals surface area contributed by atoms with Gasteiger partial charge in [0.15, 0.2) is 6.29 Å². The van der Waals surface area contributed by atoms with E-state index in [2.05, 4.69) is 17.6 Å². The first-order chi connectivity index (χ1) is 15.9. The standard InChI is InChI=1S/C25H46N2O7/c1-17-18(2)22(27-19(3)28)23(33-21(17)16-32-20(4)29)31-15-13-11-9-8-10-12-14-26-24(30)34-25(5,6)7/h17-18,21-23H,8-16H2,1-7H3,(H,26,30)(H,27,28). The molecule has 1 aliphatic rings. The average Bonchev–Trinajstić information content (AvgIpc) is 2.71. The fourth-order valence-electron chi connectivity index (χ4n) is 3.90. The molecule has 1 saturated heterocycles. The van der Waals surface area contributed by atoms with Crippen molar-refractivity contribution in [3.63, 3.8) is 0 Å². The van der Waals surface area contributed by atoms with Crippen LogP contribution in [0.5, 0.6) is 0 Å². The summed E-state index contributed by atoms with van der Waals surface area (Å²) in [6.07, 6.45) is 4.83. The summed E-state index contributed by atoms with van der Waals surface area (Å²) in [4.78, 5) is 34.5. The van der Waals surface area contributed by atoms with Gasteiger partial charge in [0.25, 0.3) is 0 Å².